The molecule has 1 aliphatic carbocycles. The maximum Gasteiger partial charge on any atom is 0.407 e. The van der Waals surface area contributed by atoms with Crippen molar-refractivity contribution in [1.29, 1.82) is 0 Å². The second-order valence-electron chi connectivity index (χ2n) is 5.66. The number of hydrogen-bond donors (Lipinski definition) is 2. The number of hydrogen-bond acceptors (Lipinski definition) is 4. The summed E-state index contributed by atoms with van der Waals surface area (Å²) in [4.78, 5) is 11.6. The molecule has 6 nitrogen and oxygen atoms in total. The number of nitrogens with one attached hydrogen (secondary N) is 1. The van der Waals surface area contributed by atoms with Crippen molar-refractivity contribution < 1.29 is 17.9 Å². The number of primary sulfonamides is 1. The predicted molar refractivity (Wildman–Crippen MR) is 68.5 cm³/mol. The van der Waals surface area contributed by atoms with Gasteiger partial charge in [-0.2, -0.15) is 0 Å². The summed E-state index contributed by atoms with van der Waals surface area (Å²) in [6, 6.07) is -0.455. The minimum Gasteiger partial charge on any atom is -0.444 e. The van der Waals surface area contributed by atoms with Crippen LogP contribution in [0.15, 0.2) is 0 Å². The van der Waals surface area contributed by atoms with Gasteiger partial charge in [0.15, 0.2) is 0 Å². The van der Waals surface area contributed by atoms with E-state index in [1.54, 1.807) is 20.8 Å². The van der Waals surface area contributed by atoms with E-state index < -0.39 is 33.0 Å². The maximum absolute atomic E-state index is 11.6. The first-order valence-corrected chi connectivity index (χ1v) is 7.72. The summed E-state index contributed by atoms with van der Waals surface area (Å²) in [5, 5.41) is 7.09. The Hall–Kier alpha value is -0.820. The smallest absolute Gasteiger partial charge is 0.407 e. The SMILES string of the molecule is CC(C)(C)OC(=O)N[C@H]1CCCC[C@H]1S(N)(=O)=O. The van der Waals surface area contributed by atoms with Crippen LogP contribution in [0.3, 0.4) is 0 Å². The van der Waals surface area contributed by atoms with E-state index in [9.17, 15) is 13.2 Å². The van der Waals surface area contributed by atoms with E-state index in [4.69, 9.17) is 9.88 Å². The molecular formula is C11H22N2O4S. The molecule has 1 saturated carbocycles. The Morgan fingerprint density at radius 3 is 2.33 bits per heavy atom. The van der Waals surface area contributed by atoms with Crippen molar-refractivity contribution in [3.05, 3.63) is 0 Å². The summed E-state index contributed by atoms with van der Waals surface area (Å²) in [5.41, 5.74) is -0.601. The van der Waals surface area contributed by atoms with Gasteiger partial charge in [-0.05, 0) is 33.6 Å². The number of ether oxygens (including phenoxy) is 1. The van der Waals surface area contributed by atoms with Gasteiger partial charge in [0.1, 0.15) is 5.60 Å². The number of carbonyl (C=O) groups is 1. The zero-order valence-corrected chi connectivity index (χ0v) is 11.9. The molecule has 106 valence electrons. The summed E-state index contributed by atoms with van der Waals surface area (Å²) in [7, 11) is -3.63. The third-order valence-electron chi connectivity index (χ3n) is 2.83. The highest BCUT2D eigenvalue weighted by molar-refractivity contribution is 7.89. The van der Waals surface area contributed by atoms with Crippen molar-refractivity contribution >= 4 is 16.1 Å². The number of carbonyl (C=O) groups excluding carboxylic acids is 1. The predicted octanol–water partition coefficient (Wildman–Crippen LogP) is 1.11. The Morgan fingerprint density at radius 2 is 1.83 bits per heavy atom. The van der Waals surface area contributed by atoms with E-state index in [0.29, 0.717) is 12.8 Å². The molecule has 1 amide bonds. The van der Waals surface area contributed by atoms with Crippen LogP contribution < -0.4 is 10.5 Å². The number of alkyl carbamates (subject to hydrolysis) is 1. The molecule has 0 spiro atoms. The summed E-state index contributed by atoms with van der Waals surface area (Å²) < 4.78 is 28.0. The summed E-state index contributed by atoms with van der Waals surface area (Å²) >= 11 is 0. The molecule has 0 bridgehead atoms. The van der Waals surface area contributed by atoms with Gasteiger partial charge in [-0.1, -0.05) is 12.8 Å². The van der Waals surface area contributed by atoms with Crippen LogP contribution in [0.4, 0.5) is 4.79 Å². The molecule has 0 aliphatic heterocycles. The van der Waals surface area contributed by atoms with Crippen LogP contribution in [-0.2, 0) is 14.8 Å². The molecule has 0 heterocycles. The lowest BCUT2D eigenvalue weighted by atomic mass is 9.95. The van der Waals surface area contributed by atoms with Gasteiger partial charge in [0, 0.05) is 0 Å². The van der Waals surface area contributed by atoms with Gasteiger partial charge in [-0.3, -0.25) is 0 Å². The average molecular weight is 278 g/mol. The zero-order chi connectivity index (χ0) is 14.0. The highest BCUT2D eigenvalue weighted by Gasteiger charge is 2.35. The normalized spacial score (nSPS) is 25.6. The van der Waals surface area contributed by atoms with Gasteiger partial charge in [0.2, 0.25) is 10.0 Å². The van der Waals surface area contributed by atoms with Crippen molar-refractivity contribution in [1.82, 2.24) is 5.32 Å². The molecule has 0 saturated heterocycles. The van der Waals surface area contributed by atoms with Gasteiger partial charge >= 0.3 is 6.09 Å². The Morgan fingerprint density at radius 1 is 1.28 bits per heavy atom. The van der Waals surface area contributed by atoms with E-state index in [1.165, 1.54) is 0 Å². The Bertz CT molecular complexity index is 400. The van der Waals surface area contributed by atoms with Gasteiger partial charge in [0.25, 0.3) is 0 Å². The molecule has 1 fully saturated rings. The van der Waals surface area contributed by atoms with Crippen LogP contribution in [-0.4, -0.2) is 31.4 Å². The van der Waals surface area contributed by atoms with Gasteiger partial charge in [-0.25, -0.2) is 18.4 Å². The number of rotatable bonds is 2. The van der Waals surface area contributed by atoms with Gasteiger partial charge in [-0.15, -0.1) is 0 Å². The standard InChI is InChI=1S/C11H22N2O4S/c1-11(2,3)17-10(14)13-8-6-4-5-7-9(8)18(12,15)16/h8-9H,4-7H2,1-3H3,(H,13,14)(H2,12,15,16)/t8-,9+/m0/s1. The summed E-state index contributed by atoms with van der Waals surface area (Å²) in [6.45, 7) is 5.26. The van der Waals surface area contributed by atoms with Crippen LogP contribution in [0.2, 0.25) is 0 Å². The Kier molecular flexibility index (Phi) is 4.61. The van der Waals surface area contributed by atoms with Crippen molar-refractivity contribution in [2.75, 3.05) is 0 Å². The fourth-order valence-electron chi connectivity index (χ4n) is 2.11. The molecule has 18 heavy (non-hydrogen) atoms. The first-order valence-electron chi connectivity index (χ1n) is 6.11. The fraction of sp³-hybridized carbons (Fsp3) is 0.909. The van der Waals surface area contributed by atoms with Crippen molar-refractivity contribution in [3.63, 3.8) is 0 Å². The van der Waals surface area contributed by atoms with Crippen molar-refractivity contribution in [3.8, 4) is 0 Å². The molecular weight excluding hydrogens is 256 g/mol. The quantitative estimate of drug-likeness (QED) is 0.790. The monoisotopic (exact) mass is 278 g/mol. The molecule has 0 radical (unpaired) electrons. The minimum absolute atomic E-state index is 0.455. The summed E-state index contributed by atoms with van der Waals surface area (Å²) in [5.74, 6) is 0. The maximum atomic E-state index is 11.6. The molecule has 0 aromatic rings. The first kappa shape index (κ1) is 15.2. The average Bonchev–Trinajstić information content (AvgIpc) is 2.13. The number of sulfonamides is 1. The lowest BCUT2D eigenvalue weighted by Gasteiger charge is -2.31. The van der Waals surface area contributed by atoms with E-state index >= 15 is 0 Å². The molecule has 2 atom stereocenters. The second-order valence-corrected chi connectivity index (χ2v) is 7.45. The summed E-state index contributed by atoms with van der Waals surface area (Å²) in [6.07, 6.45) is 2.20. The number of nitrogens with two attached hydrogens (primary N) is 1. The minimum atomic E-state index is -3.63. The molecule has 0 aromatic carbocycles. The third kappa shape index (κ3) is 4.81. The third-order valence-corrected chi connectivity index (χ3v) is 4.23. The first-order chi connectivity index (χ1) is 8.09. The Labute approximate surface area is 108 Å². The van der Waals surface area contributed by atoms with E-state index in [1.807, 2.05) is 0 Å². The largest absolute Gasteiger partial charge is 0.444 e. The van der Waals surface area contributed by atoms with E-state index in [2.05, 4.69) is 5.32 Å². The van der Waals surface area contributed by atoms with E-state index in [-0.39, 0.29) is 0 Å². The van der Waals surface area contributed by atoms with E-state index in [0.717, 1.165) is 12.8 Å². The van der Waals surface area contributed by atoms with Crippen molar-refractivity contribution in [2.24, 2.45) is 5.14 Å². The molecule has 1 rings (SSSR count). The van der Waals surface area contributed by atoms with Crippen molar-refractivity contribution in [2.45, 2.75) is 63.3 Å². The van der Waals surface area contributed by atoms with Crippen LogP contribution in [0, 0.1) is 0 Å². The second kappa shape index (κ2) is 5.44. The van der Waals surface area contributed by atoms with Crippen LogP contribution in [0.25, 0.3) is 0 Å². The van der Waals surface area contributed by atoms with Crippen LogP contribution in [0.1, 0.15) is 46.5 Å². The highest BCUT2D eigenvalue weighted by Crippen LogP contribution is 2.23. The highest BCUT2D eigenvalue weighted by atomic mass is 32.2. The molecule has 0 unspecified atom stereocenters. The molecule has 7 heteroatoms. The van der Waals surface area contributed by atoms with Crippen LogP contribution in [0.5, 0.6) is 0 Å². The van der Waals surface area contributed by atoms with Gasteiger partial charge < -0.3 is 10.1 Å². The van der Waals surface area contributed by atoms with Gasteiger partial charge in [0.05, 0.1) is 11.3 Å². The number of amides is 1. The lowest BCUT2D eigenvalue weighted by Crippen LogP contribution is -2.51. The Balaban J connectivity index is 2.66. The molecule has 3 N–H and O–H groups in total. The lowest BCUT2D eigenvalue weighted by molar-refractivity contribution is 0.0494. The fourth-order valence-corrected chi connectivity index (χ4v) is 3.27. The zero-order valence-electron chi connectivity index (χ0n) is 11.1. The molecule has 0 aromatic heterocycles. The topological polar surface area (TPSA) is 98.5 Å². The molecule has 1 aliphatic rings. The van der Waals surface area contributed by atoms with Crippen LogP contribution >= 0.6 is 0 Å².